The molecule has 0 atom stereocenters. The topological polar surface area (TPSA) is 46.1 Å². The predicted octanol–water partition coefficient (Wildman–Crippen LogP) is 3.12. The van der Waals surface area contributed by atoms with Gasteiger partial charge in [-0.15, -0.1) is 10.9 Å². The summed E-state index contributed by atoms with van der Waals surface area (Å²) in [4.78, 5) is 0. The van der Waals surface area contributed by atoms with E-state index in [4.69, 9.17) is 9.31 Å². The van der Waals surface area contributed by atoms with E-state index < -0.39 is 6.55 Å². The van der Waals surface area contributed by atoms with Crippen molar-refractivity contribution in [3.05, 3.63) is 60.7 Å². The van der Waals surface area contributed by atoms with Crippen LogP contribution >= 0.6 is 0 Å². The fraction of sp³-hybridized carbons (Fsp3) is 0.478. The molecule has 2 aromatic carbocycles. The number of hydrogen-bond acceptors (Lipinski definition) is 2. The first-order valence-corrected chi connectivity index (χ1v) is 10.0. The van der Waals surface area contributed by atoms with E-state index in [1.54, 1.807) is 0 Å². The summed E-state index contributed by atoms with van der Waals surface area (Å²) >= 11 is 0. The molecule has 2 aromatic rings. The highest BCUT2D eigenvalue weighted by molar-refractivity contribution is 6.92. The zero-order valence-corrected chi connectivity index (χ0v) is 17.7. The van der Waals surface area contributed by atoms with Gasteiger partial charge < -0.3 is 15.0 Å². The Hall–Kier alpha value is -1.62. The van der Waals surface area contributed by atoms with E-state index in [1.165, 1.54) is 6.42 Å². The fourth-order valence-electron chi connectivity index (χ4n) is 4.03. The lowest BCUT2D eigenvalue weighted by atomic mass is 9.46. The molecule has 1 aliphatic heterocycles. The molecule has 0 amide bonds. The second-order valence-electron chi connectivity index (χ2n) is 9.53. The van der Waals surface area contributed by atoms with Crippen molar-refractivity contribution < 1.29 is 15.0 Å². The van der Waals surface area contributed by atoms with Crippen molar-refractivity contribution >= 4 is 17.5 Å². The van der Waals surface area contributed by atoms with E-state index in [2.05, 4.69) is 64.6 Å². The van der Waals surface area contributed by atoms with Crippen molar-refractivity contribution in [2.45, 2.75) is 53.0 Å². The lowest BCUT2D eigenvalue weighted by Crippen LogP contribution is -2.70. The Morgan fingerprint density at radius 2 is 1.19 bits per heavy atom. The largest absolute Gasteiger partial charge is 0.561 e. The lowest BCUT2D eigenvalue weighted by molar-refractivity contribution is -0.470. The van der Waals surface area contributed by atoms with Crippen LogP contribution in [-0.4, -0.2) is 25.3 Å². The maximum absolute atomic E-state index is 6.08. The molecule has 148 valence electrons. The molecular weight excluding hydrogens is 333 g/mol. The summed E-state index contributed by atoms with van der Waals surface area (Å²) in [6.07, 6.45) is 2.14. The van der Waals surface area contributed by atoms with Gasteiger partial charge in [0.15, 0.2) is 0 Å². The Bertz CT molecular complexity index is 616. The van der Waals surface area contributed by atoms with Crippen LogP contribution in [0.1, 0.15) is 47.5 Å². The quantitative estimate of drug-likeness (QED) is 0.845. The third-order valence-corrected chi connectivity index (χ3v) is 4.48. The van der Waals surface area contributed by atoms with Crippen molar-refractivity contribution in [3.63, 3.8) is 0 Å². The highest BCUT2D eigenvalue weighted by Crippen LogP contribution is 2.23. The van der Waals surface area contributed by atoms with Crippen LogP contribution in [0.5, 0.6) is 0 Å². The number of benzene rings is 2. The highest BCUT2D eigenvalue weighted by atomic mass is 16.6. The smallest absolute Gasteiger partial charge is 0.298 e. The maximum atomic E-state index is 6.08. The first kappa shape index (κ1) is 21.7. The van der Waals surface area contributed by atoms with Gasteiger partial charge in [0.2, 0.25) is 0 Å². The Morgan fingerprint density at radius 1 is 0.778 bits per heavy atom. The first-order chi connectivity index (χ1) is 12.6. The van der Waals surface area contributed by atoms with Crippen molar-refractivity contribution in [2.75, 3.05) is 13.2 Å². The molecule has 3 rings (SSSR count). The van der Waals surface area contributed by atoms with Crippen LogP contribution in [0.25, 0.3) is 0 Å². The predicted molar refractivity (Wildman–Crippen MR) is 115 cm³/mol. The van der Waals surface area contributed by atoms with E-state index in [0.29, 0.717) is 5.41 Å². The molecule has 1 aliphatic rings. The maximum Gasteiger partial charge on any atom is 0.298 e. The Balaban J connectivity index is 0.000000249. The van der Waals surface area contributed by atoms with Gasteiger partial charge in [-0.05, 0) is 25.7 Å². The summed E-state index contributed by atoms with van der Waals surface area (Å²) in [5.41, 5.74) is 6.94. The number of rotatable bonds is 3. The Labute approximate surface area is 165 Å². The molecule has 0 radical (unpaired) electrons. The third kappa shape index (κ3) is 6.80. The summed E-state index contributed by atoms with van der Waals surface area (Å²) in [5.74, 6) is 0. The van der Waals surface area contributed by atoms with Crippen molar-refractivity contribution in [2.24, 2.45) is 5.41 Å². The Morgan fingerprint density at radius 3 is 1.48 bits per heavy atom. The fourth-order valence-corrected chi connectivity index (χ4v) is 4.03. The second kappa shape index (κ2) is 9.05. The molecule has 4 heteroatoms. The van der Waals surface area contributed by atoms with Crippen LogP contribution in [0.2, 0.25) is 0 Å². The first-order valence-electron chi connectivity index (χ1n) is 10.0. The van der Waals surface area contributed by atoms with Crippen LogP contribution in [0.4, 0.5) is 0 Å². The summed E-state index contributed by atoms with van der Waals surface area (Å²) in [5, 5.41) is 0. The molecule has 1 heterocycles. The van der Waals surface area contributed by atoms with Gasteiger partial charge in [-0.3, -0.25) is 0 Å². The van der Waals surface area contributed by atoms with Gasteiger partial charge in [0.1, 0.15) is 0 Å². The minimum Gasteiger partial charge on any atom is -0.561 e. The van der Waals surface area contributed by atoms with Gasteiger partial charge in [-0.1, -0.05) is 81.4 Å². The van der Waals surface area contributed by atoms with E-state index >= 15 is 0 Å². The molecule has 0 unspecified atom stereocenters. The standard InChI is InChI=1S/C15H16BO2.C8H19N/c1-3-8-14(9-4-1)16(17-12-7-13-18-16)15-10-5-2-6-11-15;1-7(2,3)6-8(4,5)9/h1-6,8-11H,7,12-13H2;6,9H2,1-5H3/q-1;/p+1. The lowest BCUT2D eigenvalue weighted by Gasteiger charge is -2.46. The normalized spacial score (nSPS) is 17.0. The molecule has 0 bridgehead atoms. The second-order valence-corrected chi connectivity index (χ2v) is 9.53. The van der Waals surface area contributed by atoms with Gasteiger partial charge in [-0.25, -0.2) is 0 Å². The third-order valence-electron chi connectivity index (χ3n) is 4.48. The molecule has 3 N–H and O–H groups in total. The zero-order chi connectivity index (χ0) is 20.0. The molecule has 0 aromatic heterocycles. The van der Waals surface area contributed by atoms with Crippen LogP contribution in [0, 0.1) is 5.41 Å². The highest BCUT2D eigenvalue weighted by Gasteiger charge is 2.32. The van der Waals surface area contributed by atoms with Gasteiger partial charge >= 0.3 is 0 Å². The van der Waals surface area contributed by atoms with Gasteiger partial charge in [0.25, 0.3) is 6.55 Å². The summed E-state index contributed by atoms with van der Waals surface area (Å²) in [6.45, 7) is 11.1. The van der Waals surface area contributed by atoms with Crippen molar-refractivity contribution in [1.29, 1.82) is 0 Å². The zero-order valence-electron chi connectivity index (χ0n) is 17.7. The van der Waals surface area contributed by atoms with E-state index in [9.17, 15) is 0 Å². The molecule has 1 fully saturated rings. The molecule has 0 spiro atoms. The van der Waals surface area contributed by atoms with E-state index in [1.807, 2.05) is 36.4 Å². The van der Waals surface area contributed by atoms with Gasteiger partial charge in [-0.2, -0.15) is 0 Å². The number of quaternary nitrogens is 1. The number of hydrogen-bond donors (Lipinski definition) is 1. The van der Waals surface area contributed by atoms with E-state index in [0.717, 1.165) is 30.6 Å². The van der Waals surface area contributed by atoms with Crippen LogP contribution < -0.4 is 16.7 Å². The van der Waals surface area contributed by atoms with E-state index in [-0.39, 0.29) is 5.54 Å². The molecule has 0 aliphatic carbocycles. The van der Waals surface area contributed by atoms with Crippen LogP contribution in [0.3, 0.4) is 0 Å². The summed E-state index contributed by atoms with van der Waals surface area (Å²) < 4.78 is 12.2. The van der Waals surface area contributed by atoms with Crippen molar-refractivity contribution in [1.82, 2.24) is 0 Å². The molecule has 3 nitrogen and oxygen atoms in total. The summed E-state index contributed by atoms with van der Waals surface area (Å²) in [6, 6.07) is 20.5. The minimum absolute atomic E-state index is 0.234. The van der Waals surface area contributed by atoms with Crippen molar-refractivity contribution in [3.8, 4) is 0 Å². The van der Waals surface area contributed by atoms with Crippen LogP contribution in [-0.2, 0) is 9.31 Å². The minimum atomic E-state index is -1.50. The summed E-state index contributed by atoms with van der Waals surface area (Å²) in [7, 11) is 0. The van der Waals surface area contributed by atoms with Gasteiger partial charge in [0.05, 0.1) is 5.54 Å². The molecule has 27 heavy (non-hydrogen) atoms. The van der Waals surface area contributed by atoms with Crippen LogP contribution in [0.15, 0.2) is 60.7 Å². The molecular formula is C23H36BNO2. The molecule has 0 saturated carbocycles. The average Bonchev–Trinajstić information content (AvgIpc) is 2.61. The molecule has 1 saturated heterocycles. The monoisotopic (exact) mass is 369 g/mol. The SMILES string of the molecule is CC(C)(C)CC(C)(C)[NH3+].c1ccc([B-]2(c3ccccc3)OCCCO2)cc1. The van der Waals surface area contributed by atoms with Gasteiger partial charge in [0, 0.05) is 19.6 Å². The Kier molecular flexibility index (Phi) is 7.27. The average molecular weight is 369 g/mol.